The van der Waals surface area contributed by atoms with Gasteiger partial charge in [0.1, 0.15) is 11.6 Å². The fraction of sp³-hybridized carbons (Fsp3) is 0.250. The molecule has 1 atom stereocenters. The zero-order valence-corrected chi connectivity index (χ0v) is 12.5. The van der Waals surface area contributed by atoms with Crippen molar-refractivity contribution < 1.29 is 14.2 Å². The molecule has 2 aromatic rings. The lowest BCUT2D eigenvalue weighted by Crippen LogP contribution is -2.15. The van der Waals surface area contributed by atoms with Gasteiger partial charge >= 0.3 is 0 Å². The number of rotatable bonds is 6. The van der Waals surface area contributed by atoms with Crippen LogP contribution in [0.1, 0.15) is 12.0 Å². The van der Waals surface area contributed by atoms with E-state index in [-0.39, 0.29) is 5.82 Å². The van der Waals surface area contributed by atoms with Crippen molar-refractivity contribution in [2.75, 3.05) is 6.61 Å². The molecule has 0 bridgehead atoms. The highest BCUT2D eigenvalue weighted by atomic mass is 79.9. The molecular formula is C16H16BrFO2. The first-order valence-electron chi connectivity index (χ1n) is 6.45. The summed E-state index contributed by atoms with van der Waals surface area (Å²) < 4.78 is 19.3. The van der Waals surface area contributed by atoms with E-state index in [0.717, 1.165) is 11.3 Å². The van der Waals surface area contributed by atoms with Gasteiger partial charge < -0.3 is 9.84 Å². The van der Waals surface area contributed by atoms with Gasteiger partial charge in [-0.3, -0.25) is 0 Å². The van der Waals surface area contributed by atoms with Gasteiger partial charge in [-0.2, -0.15) is 0 Å². The first kappa shape index (κ1) is 15.0. The Labute approximate surface area is 126 Å². The Kier molecular flexibility index (Phi) is 5.56. The average Bonchev–Trinajstić information content (AvgIpc) is 2.45. The van der Waals surface area contributed by atoms with Gasteiger partial charge in [0.2, 0.25) is 0 Å². The lowest BCUT2D eigenvalue weighted by molar-refractivity contribution is 0.139. The summed E-state index contributed by atoms with van der Waals surface area (Å²) in [5.74, 6) is 0.474. The maximum atomic E-state index is 13.3. The molecule has 0 aliphatic heterocycles. The average molecular weight is 339 g/mol. The number of aliphatic hydroxyl groups excluding tert-OH is 1. The maximum Gasteiger partial charge on any atom is 0.137 e. The minimum atomic E-state index is -0.559. The van der Waals surface area contributed by atoms with E-state index >= 15 is 0 Å². The second-order valence-electron chi connectivity index (χ2n) is 4.52. The van der Waals surface area contributed by atoms with E-state index in [1.807, 2.05) is 30.3 Å². The SMILES string of the molecule is OC(CCOc1ccccc1)Cc1cccc(F)c1Br. The highest BCUT2D eigenvalue weighted by Crippen LogP contribution is 2.22. The third kappa shape index (κ3) is 4.32. The van der Waals surface area contributed by atoms with Crippen LogP contribution < -0.4 is 4.74 Å². The van der Waals surface area contributed by atoms with Crippen LogP contribution >= 0.6 is 15.9 Å². The Balaban J connectivity index is 1.81. The van der Waals surface area contributed by atoms with Gasteiger partial charge in [0.25, 0.3) is 0 Å². The summed E-state index contributed by atoms with van der Waals surface area (Å²) >= 11 is 3.20. The molecule has 1 unspecified atom stereocenters. The second kappa shape index (κ2) is 7.41. The molecule has 4 heteroatoms. The smallest absolute Gasteiger partial charge is 0.137 e. The summed E-state index contributed by atoms with van der Waals surface area (Å²) in [6, 6.07) is 14.3. The van der Waals surface area contributed by atoms with Gasteiger partial charge in [-0.25, -0.2) is 4.39 Å². The Hall–Kier alpha value is -1.39. The van der Waals surface area contributed by atoms with Crippen LogP contribution in [0.5, 0.6) is 5.75 Å². The van der Waals surface area contributed by atoms with Crippen molar-refractivity contribution in [1.82, 2.24) is 0 Å². The molecule has 0 amide bonds. The molecule has 0 radical (unpaired) electrons. The standard InChI is InChI=1S/C16H16BrFO2/c17-16-12(5-4-8-15(16)18)11-13(19)9-10-20-14-6-2-1-3-7-14/h1-8,13,19H,9-11H2. The molecule has 2 nitrogen and oxygen atoms in total. The molecule has 1 N–H and O–H groups in total. The molecule has 106 valence electrons. The van der Waals surface area contributed by atoms with Crippen molar-refractivity contribution in [3.8, 4) is 5.75 Å². The fourth-order valence-corrected chi connectivity index (χ4v) is 2.32. The largest absolute Gasteiger partial charge is 0.493 e. The first-order valence-corrected chi connectivity index (χ1v) is 7.25. The van der Waals surface area contributed by atoms with E-state index in [1.165, 1.54) is 6.07 Å². The number of hydrogen-bond acceptors (Lipinski definition) is 2. The highest BCUT2D eigenvalue weighted by Gasteiger charge is 2.11. The van der Waals surface area contributed by atoms with Crippen LogP contribution in [0.2, 0.25) is 0 Å². The minimum Gasteiger partial charge on any atom is -0.493 e. The van der Waals surface area contributed by atoms with Crippen molar-refractivity contribution in [3.05, 3.63) is 64.4 Å². The van der Waals surface area contributed by atoms with E-state index < -0.39 is 6.10 Å². The Morgan fingerprint density at radius 2 is 1.85 bits per heavy atom. The lowest BCUT2D eigenvalue weighted by Gasteiger charge is -2.13. The van der Waals surface area contributed by atoms with Crippen molar-refractivity contribution in [3.63, 3.8) is 0 Å². The zero-order valence-electron chi connectivity index (χ0n) is 10.9. The molecule has 0 aliphatic carbocycles. The summed E-state index contributed by atoms with van der Waals surface area (Å²) in [4.78, 5) is 0. The van der Waals surface area contributed by atoms with Gasteiger partial charge in [0.15, 0.2) is 0 Å². The third-order valence-electron chi connectivity index (χ3n) is 2.95. The van der Waals surface area contributed by atoms with Crippen LogP contribution in [0.3, 0.4) is 0 Å². The Morgan fingerprint density at radius 3 is 2.60 bits per heavy atom. The van der Waals surface area contributed by atoms with Gasteiger partial charge in [-0.1, -0.05) is 30.3 Å². The molecule has 2 aromatic carbocycles. The monoisotopic (exact) mass is 338 g/mol. The van der Waals surface area contributed by atoms with Crippen molar-refractivity contribution in [2.45, 2.75) is 18.9 Å². The van der Waals surface area contributed by atoms with E-state index in [1.54, 1.807) is 12.1 Å². The van der Waals surface area contributed by atoms with Crippen LogP contribution in [-0.4, -0.2) is 17.8 Å². The summed E-state index contributed by atoms with van der Waals surface area (Å²) in [6.07, 6.45) is 0.339. The number of ether oxygens (including phenoxy) is 1. The molecular weight excluding hydrogens is 323 g/mol. The first-order chi connectivity index (χ1) is 9.66. The molecule has 0 aliphatic rings. The molecule has 0 heterocycles. The predicted octanol–water partition coefficient (Wildman–Crippen LogP) is 3.96. The molecule has 0 aromatic heterocycles. The summed E-state index contributed by atoms with van der Waals surface area (Å²) in [6.45, 7) is 0.429. The quantitative estimate of drug-likeness (QED) is 0.863. The molecule has 0 saturated carbocycles. The van der Waals surface area contributed by atoms with Crippen LogP contribution in [0, 0.1) is 5.82 Å². The number of hydrogen-bond donors (Lipinski definition) is 1. The van der Waals surface area contributed by atoms with Crippen LogP contribution in [-0.2, 0) is 6.42 Å². The number of benzene rings is 2. The molecule has 20 heavy (non-hydrogen) atoms. The van der Waals surface area contributed by atoms with E-state index in [9.17, 15) is 9.50 Å². The van der Waals surface area contributed by atoms with Gasteiger partial charge in [-0.05, 0) is 46.1 Å². The normalized spacial score (nSPS) is 12.2. The summed E-state index contributed by atoms with van der Waals surface area (Å²) in [5.41, 5.74) is 0.761. The van der Waals surface area contributed by atoms with Crippen molar-refractivity contribution >= 4 is 15.9 Å². The molecule has 0 fully saturated rings. The summed E-state index contributed by atoms with van der Waals surface area (Å²) in [7, 11) is 0. The van der Waals surface area contributed by atoms with Gasteiger partial charge in [-0.15, -0.1) is 0 Å². The van der Waals surface area contributed by atoms with E-state index in [2.05, 4.69) is 15.9 Å². The topological polar surface area (TPSA) is 29.5 Å². The Morgan fingerprint density at radius 1 is 1.10 bits per heavy atom. The van der Waals surface area contributed by atoms with Crippen LogP contribution in [0.15, 0.2) is 53.0 Å². The Bertz CT molecular complexity index is 545. The summed E-state index contributed by atoms with van der Waals surface area (Å²) in [5, 5.41) is 9.97. The minimum absolute atomic E-state index is 0.310. The van der Waals surface area contributed by atoms with Crippen molar-refractivity contribution in [2.24, 2.45) is 0 Å². The molecule has 0 saturated heterocycles. The lowest BCUT2D eigenvalue weighted by atomic mass is 10.1. The van der Waals surface area contributed by atoms with Crippen LogP contribution in [0.25, 0.3) is 0 Å². The number of halogens is 2. The zero-order chi connectivity index (χ0) is 14.4. The fourth-order valence-electron chi connectivity index (χ4n) is 1.89. The van der Waals surface area contributed by atoms with E-state index in [0.29, 0.717) is 23.9 Å². The van der Waals surface area contributed by atoms with Crippen molar-refractivity contribution in [1.29, 1.82) is 0 Å². The molecule has 0 spiro atoms. The van der Waals surface area contributed by atoms with Crippen LogP contribution in [0.4, 0.5) is 4.39 Å². The number of aliphatic hydroxyl groups is 1. The van der Waals surface area contributed by atoms with Gasteiger partial charge in [0.05, 0.1) is 17.2 Å². The highest BCUT2D eigenvalue weighted by molar-refractivity contribution is 9.10. The predicted molar refractivity (Wildman–Crippen MR) is 80.4 cm³/mol. The van der Waals surface area contributed by atoms with E-state index in [4.69, 9.17) is 4.74 Å². The molecule has 2 rings (SSSR count). The maximum absolute atomic E-state index is 13.3. The van der Waals surface area contributed by atoms with Gasteiger partial charge in [0, 0.05) is 6.42 Å². The number of para-hydroxylation sites is 1. The second-order valence-corrected chi connectivity index (χ2v) is 5.31. The third-order valence-corrected chi connectivity index (χ3v) is 3.84.